The number of carbonyl (C=O) groups excluding carboxylic acids is 1. The standard InChI is InChI=1S/C16H21NO/c1-2-16(18)17-9-5-8-14-10-12-6-3-4-7-13(12)11-15(14)17/h3-4,6-7,14-15H,2,5,8-11H2,1H3/t14-,15-/m0/s1. The highest BCUT2D eigenvalue weighted by atomic mass is 16.2. The molecule has 1 amide bonds. The maximum atomic E-state index is 12.1. The lowest BCUT2D eigenvalue weighted by atomic mass is 9.75. The molecule has 2 atom stereocenters. The Morgan fingerprint density at radius 3 is 2.72 bits per heavy atom. The first-order chi connectivity index (χ1) is 8.79. The van der Waals surface area contributed by atoms with Crippen LogP contribution in [0.5, 0.6) is 0 Å². The van der Waals surface area contributed by atoms with E-state index in [9.17, 15) is 4.79 Å². The first kappa shape index (κ1) is 11.8. The van der Waals surface area contributed by atoms with Crippen LogP contribution in [0.1, 0.15) is 37.3 Å². The molecule has 2 heteroatoms. The molecule has 1 aliphatic heterocycles. The van der Waals surface area contributed by atoms with Gasteiger partial charge in [0, 0.05) is 19.0 Å². The number of hydrogen-bond acceptors (Lipinski definition) is 1. The van der Waals surface area contributed by atoms with Gasteiger partial charge in [-0.2, -0.15) is 0 Å². The smallest absolute Gasteiger partial charge is 0.222 e. The van der Waals surface area contributed by atoms with Gasteiger partial charge < -0.3 is 4.90 Å². The summed E-state index contributed by atoms with van der Waals surface area (Å²) in [7, 11) is 0. The van der Waals surface area contributed by atoms with Crippen LogP contribution in [0.3, 0.4) is 0 Å². The Labute approximate surface area is 109 Å². The number of benzene rings is 1. The molecule has 0 spiro atoms. The van der Waals surface area contributed by atoms with Crippen LogP contribution in [0.2, 0.25) is 0 Å². The van der Waals surface area contributed by atoms with Crippen molar-refractivity contribution in [2.24, 2.45) is 5.92 Å². The van der Waals surface area contributed by atoms with E-state index in [-0.39, 0.29) is 0 Å². The van der Waals surface area contributed by atoms with E-state index < -0.39 is 0 Å². The molecule has 2 nitrogen and oxygen atoms in total. The van der Waals surface area contributed by atoms with Gasteiger partial charge in [0.2, 0.25) is 5.91 Å². The van der Waals surface area contributed by atoms with Crippen LogP contribution in [0.25, 0.3) is 0 Å². The van der Waals surface area contributed by atoms with Crippen LogP contribution < -0.4 is 0 Å². The molecular weight excluding hydrogens is 222 g/mol. The molecule has 1 heterocycles. The molecule has 3 rings (SSSR count). The first-order valence-electron chi connectivity index (χ1n) is 7.16. The van der Waals surface area contributed by atoms with Gasteiger partial charge in [-0.25, -0.2) is 0 Å². The Morgan fingerprint density at radius 1 is 1.28 bits per heavy atom. The molecule has 18 heavy (non-hydrogen) atoms. The summed E-state index contributed by atoms with van der Waals surface area (Å²) >= 11 is 0. The molecule has 1 aliphatic carbocycles. The van der Waals surface area contributed by atoms with E-state index in [2.05, 4.69) is 29.2 Å². The van der Waals surface area contributed by atoms with Crippen molar-refractivity contribution < 1.29 is 4.79 Å². The van der Waals surface area contributed by atoms with E-state index >= 15 is 0 Å². The van der Waals surface area contributed by atoms with E-state index in [1.54, 1.807) is 0 Å². The summed E-state index contributed by atoms with van der Waals surface area (Å²) in [4.78, 5) is 14.2. The summed E-state index contributed by atoms with van der Waals surface area (Å²) < 4.78 is 0. The fraction of sp³-hybridized carbons (Fsp3) is 0.562. The van der Waals surface area contributed by atoms with Gasteiger partial charge in [0.25, 0.3) is 0 Å². The van der Waals surface area contributed by atoms with Gasteiger partial charge in [0.1, 0.15) is 0 Å². The number of carbonyl (C=O) groups is 1. The zero-order valence-electron chi connectivity index (χ0n) is 11.1. The highest BCUT2D eigenvalue weighted by molar-refractivity contribution is 5.76. The second-order valence-corrected chi connectivity index (χ2v) is 5.59. The summed E-state index contributed by atoms with van der Waals surface area (Å²) in [6.07, 6.45) is 5.33. The molecule has 0 N–H and O–H groups in total. The predicted molar refractivity (Wildman–Crippen MR) is 72.4 cm³/mol. The van der Waals surface area contributed by atoms with E-state index in [1.165, 1.54) is 24.0 Å². The molecule has 0 bridgehead atoms. The van der Waals surface area contributed by atoms with Crippen LogP contribution in [0.4, 0.5) is 0 Å². The van der Waals surface area contributed by atoms with Gasteiger partial charge in [0.15, 0.2) is 0 Å². The van der Waals surface area contributed by atoms with Crippen molar-refractivity contribution in [1.82, 2.24) is 4.90 Å². The number of piperidine rings is 1. The molecule has 2 aliphatic rings. The number of nitrogens with zero attached hydrogens (tertiary/aromatic N) is 1. The highest BCUT2D eigenvalue weighted by Crippen LogP contribution is 2.35. The average molecular weight is 243 g/mol. The quantitative estimate of drug-likeness (QED) is 0.742. The van der Waals surface area contributed by atoms with Gasteiger partial charge in [0.05, 0.1) is 0 Å². The van der Waals surface area contributed by atoms with Gasteiger partial charge in [-0.05, 0) is 42.7 Å². The van der Waals surface area contributed by atoms with Crippen LogP contribution in [0, 0.1) is 5.92 Å². The number of likely N-dealkylation sites (tertiary alicyclic amines) is 1. The summed E-state index contributed by atoms with van der Waals surface area (Å²) in [5.74, 6) is 1.02. The largest absolute Gasteiger partial charge is 0.339 e. The van der Waals surface area contributed by atoms with Crippen LogP contribution >= 0.6 is 0 Å². The summed E-state index contributed by atoms with van der Waals surface area (Å²) in [6.45, 7) is 2.94. The molecule has 0 radical (unpaired) electrons. The highest BCUT2D eigenvalue weighted by Gasteiger charge is 2.36. The van der Waals surface area contributed by atoms with Crippen molar-refractivity contribution in [1.29, 1.82) is 0 Å². The molecule has 0 saturated carbocycles. The molecule has 1 fully saturated rings. The fourth-order valence-electron chi connectivity index (χ4n) is 3.63. The van der Waals surface area contributed by atoms with Crippen LogP contribution in [-0.2, 0) is 17.6 Å². The number of amides is 1. The third kappa shape index (κ3) is 1.94. The molecule has 0 aromatic heterocycles. The van der Waals surface area contributed by atoms with E-state index in [1.807, 2.05) is 6.92 Å². The minimum absolute atomic E-state index is 0.337. The third-order valence-electron chi connectivity index (χ3n) is 4.57. The lowest BCUT2D eigenvalue weighted by molar-refractivity contribution is -0.136. The topological polar surface area (TPSA) is 20.3 Å². The lowest BCUT2D eigenvalue weighted by Crippen LogP contribution is -2.51. The average Bonchev–Trinajstić information content (AvgIpc) is 2.43. The second-order valence-electron chi connectivity index (χ2n) is 5.59. The Morgan fingerprint density at radius 2 is 2.00 bits per heavy atom. The normalized spacial score (nSPS) is 26.4. The van der Waals surface area contributed by atoms with Crippen molar-refractivity contribution in [3.63, 3.8) is 0 Å². The van der Waals surface area contributed by atoms with E-state index in [4.69, 9.17) is 0 Å². The summed E-state index contributed by atoms with van der Waals surface area (Å²) in [5.41, 5.74) is 2.96. The van der Waals surface area contributed by atoms with Crippen molar-refractivity contribution >= 4 is 5.91 Å². The minimum Gasteiger partial charge on any atom is -0.339 e. The molecule has 0 unspecified atom stereocenters. The number of fused-ring (bicyclic) bond motifs is 2. The van der Waals surface area contributed by atoms with Crippen molar-refractivity contribution in [2.45, 2.75) is 45.1 Å². The number of rotatable bonds is 1. The Balaban J connectivity index is 1.88. The third-order valence-corrected chi connectivity index (χ3v) is 4.57. The molecule has 1 aromatic rings. The number of hydrogen-bond donors (Lipinski definition) is 0. The zero-order chi connectivity index (χ0) is 12.5. The Hall–Kier alpha value is -1.31. The SMILES string of the molecule is CCC(=O)N1CCC[C@H]2Cc3ccccc3C[C@@H]21. The van der Waals surface area contributed by atoms with E-state index in [0.29, 0.717) is 24.3 Å². The predicted octanol–water partition coefficient (Wildman–Crippen LogP) is 2.80. The van der Waals surface area contributed by atoms with Crippen LogP contribution in [-0.4, -0.2) is 23.4 Å². The molecule has 1 aromatic carbocycles. The maximum absolute atomic E-state index is 12.1. The maximum Gasteiger partial charge on any atom is 0.222 e. The molecule has 96 valence electrons. The molecular formula is C16H21NO. The van der Waals surface area contributed by atoms with E-state index in [0.717, 1.165) is 19.4 Å². The lowest BCUT2D eigenvalue weighted by Gasteiger charge is -2.44. The minimum atomic E-state index is 0.337. The fourth-order valence-corrected chi connectivity index (χ4v) is 3.63. The van der Waals surface area contributed by atoms with Crippen LogP contribution in [0.15, 0.2) is 24.3 Å². The van der Waals surface area contributed by atoms with Crippen molar-refractivity contribution in [2.75, 3.05) is 6.54 Å². The summed E-state index contributed by atoms with van der Waals surface area (Å²) in [6, 6.07) is 9.20. The second kappa shape index (κ2) is 4.75. The Bertz CT molecular complexity index is 454. The van der Waals surface area contributed by atoms with Crippen molar-refractivity contribution in [3.05, 3.63) is 35.4 Å². The summed E-state index contributed by atoms with van der Waals surface area (Å²) in [5, 5.41) is 0. The van der Waals surface area contributed by atoms with Gasteiger partial charge >= 0.3 is 0 Å². The zero-order valence-corrected chi connectivity index (χ0v) is 11.1. The van der Waals surface area contributed by atoms with Gasteiger partial charge in [-0.1, -0.05) is 31.2 Å². The van der Waals surface area contributed by atoms with Crippen molar-refractivity contribution in [3.8, 4) is 0 Å². The van der Waals surface area contributed by atoms with Gasteiger partial charge in [-0.15, -0.1) is 0 Å². The molecule has 1 saturated heterocycles. The monoisotopic (exact) mass is 243 g/mol. The first-order valence-corrected chi connectivity index (χ1v) is 7.16. The Kier molecular flexibility index (Phi) is 3.11. The van der Waals surface area contributed by atoms with Gasteiger partial charge in [-0.3, -0.25) is 4.79 Å².